The van der Waals surface area contributed by atoms with Gasteiger partial charge in [-0.3, -0.25) is 0 Å². The second kappa shape index (κ2) is 6.85. The number of hydrogen-bond donors (Lipinski definition) is 2. The van der Waals surface area contributed by atoms with Gasteiger partial charge in [0.15, 0.2) is 17.7 Å². The van der Waals surface area contributed by atoms with Crippen LogP contribution in [0.15, 0.2) is 23.4 Å². The fraction of sp³-hybridized carbons (Fsp3) is 0.500. The number of halogens is 1. The number of benzene rings is 1. The minimum atomic E-state index is -0.436. The van der Waals surface area contributed by atoms with E-state index < -0.39 is 5.82 Å². The Hall–Kier alpha value is -2.31. The summed E-state index contributed by atoms with van der Waals surface area (Å²) in [6, 6.07) is 4.48. The summed E-state index contributed by atoms with van der Waals surface area (Å²) in [5.74, 6) is 0.399. The first-order chi connectivity index (χ1) is 11.2. The van der Waals surface area contributed by atoms with E-state index in [-0.39, 0.29) is 17.9 Å². The molecule has 1 aliphatic heterocycles. The summed E-state index contributed by atoms with van der Waals surface area (Å²) < 4.78 is 18.6. The molecule has 1 atom stereocenters. The van der Waals surface area contributed by atoms with Crippen LogP contribution in [0.4, 0.5) is 9.18 Å². The number of urea groups is 1. The van der Waals surface area contributed by atoms with E-state index in [4.69, 9.17) is 9.57 Å². The molecule has 0 unspecified atom stereocenters. The first kappa shape index (κ1) is 15.6. The summed E-state index contributed by atoms with van der Waals surface area (Å²) in [6.07, 6.45) is 2.68. The zero-order valence-electron chi connectivity index (χ0n) is 13.0. The molecule has 1 aliphatic carbocycles. The van der Waals surface area contributed by atoms with Crippen molar-refractivity contribution in [3.63, 3.8) is 0 Å². The number of carbonyl (C=O) groups excluding carboxylic acids is 1. The molecule has 2 N–H and O–H groups in total. The molecule has 0 bridgehead atoms. The Labute approximate surface area is 134 Å². The number of nitrogens with zero attached hydrogens (tertiary/aromatic N) is 1. The van der Waals surface area contributed by atoms with E-state index in [1.807, 2.05) is 0 Å². The third kappa shape index (κ3) is 4.12. The van der Waals surface area contributed by atoms with Crippen molar-refractivity contribution in [3.05, 3.63) is 29.6 Å². The number of amides is 2. The van der Waals surface area contributed by atoms with Crippen LogP contribution in [0.2, 0.25) is 0 Å². The van der Waals surface area contributed by atoms with Crippen LogP contribution in [0.25, 0.3) is 0 Å². The number of nitrogens with one attached hydrogen (secondary N) is 2. The lowest BCUT2D eigenvalue weighted by Crippen LogP contribution is -2.40. The minimum absolute atomic E-state index is 0.190. The second-order valence-corrected chi connectivity index (χ2v) is 5.85. The van der Waals surface area contributed by atoms with Gasteiger partial charge in [0.05, 0.1) is 19.4 Å². The van der Waals surface area contributed by atoms with Crippen LogP contribution in [0, 0.1) is 11.7 Å². The highest BCUT2D eigenvalue weighted by Gasteiger charge is 2.24. The maximum Gasteiger partial charge on any atom is 0.314 e. The second-order valence-electron chi connectivity index (χ2n) is 5.85. The highest BCUT2D eigenvalue weighted by Crippen LogP contribution is 2.27. The molecule has 0 saturated heterocycles. The maximum absolute atomic E-state index is 13.7. The van der Waals surface area contributed by atoms with Crippen LogP contribution in [-0.4, -0.2) is 38.0 Å². The zero-order valence-corrected chi connectivity index (χ0v) is 13.0. The molecular weight excluding hydrogens is 301 g/mol. The first-order valence-electron chi connectivity index (χ1n) is 7.74. The summed E-state index contributed by atoms with van der Waals surface area (Å²) in [5.41, 5.74) is 1.32. The Morgan fingerprint density at radius 3 is 2.87 bits per heavy atom. The molecule has 2 aliphatic rings. The molecule has 1 saturated carbocycles. The fourth-order valence-corrected chi connectivity index (χ4v) is 2.38. The highest BCUT2D eigenvalue weighted by molar-refractivity contribution is 6.01. The summed E-state index contributed by atoms with van der Waals surface area (Å²) in [7, 11) is 1.42. The largest absolute Gasteiger partial charge is 0.494 e. The predicted octanol–water partition coefficient (Wildman–Crippen LogP) is 2.04. The van der Waals surface area contributed by atoms with Crippen LogP contribution >= 0.6 is 0 Å². The van der Waals surface area contributed by atoms with Gasteiger partial charge in [0.25, 0.3) is 0 Å². The van der Waals surface area contributed by atoms with Crippen LogP contribution in [0.1, 0.15) is 24.8 Å². The fourth-order valence-electron chi connectivity index (χ4n) is 2.38. The molecule has 2 amide bonds. The third-order valence-corrected chi connectivity index (χ3v) is 3.96. The van der Waals surface area contributed by atoms with Gasteiger partial charge >= 0.3 is 6.03 Å². The van der Waals surface area contributed by atoms with Crippen molar-refractivity contribution in [2.24, 2.45) is 11.1 Å². The molecule has 1 heterocycles. The van der Waals surface area contributed by atoms with Gasteiger partial charge in [0, 0.05) is 18.5 Å². The molecule has 0 aromatic heterocycles. The number of carbonyl (C=O) groups is 1. The topological polar surface area (TPSA) is 72.0 Å². The van der Waals surface area contributed by atoms with E-state index in [1.54, 1.807) is 12.1 Å². The van der Waals surface area contributed by atoms with E-state index in [1.165, 1.54) is 26.0 Å². The molecule has 0 spiro atoms. The van der Waals surface area contributed by atoms with E-state index >= 15 is 0 Å². The molecule has 124 valence electrons. The lowest BCUT2D eigenvalue weighted by Gasteiger charge is -2.10. The molecule has 6 nitrogen and oxygen atoms in total. The van der Waals surface area contributed by atoms with Crippen LogP contribution < -0.4 is 15.4 Å². The van der Waals surface area contributed by atoms with Gasteiger partial charge in [-0.05, 0) is 37.0 Å². The van der Waals surface area contributed by atoms with Gasteiger partial charge in [0.1, 0.15) is 0 Å². The Bertz CT molecular complexity index is 617. The summed E-state index contributed by atoms with van der Waals surface area (Å²) in [5, 5.41) is 9.58. The average molecular weight is 321 g/mol. The zero-order chi connectivity index (χ0) is 16.2. The Kier molecular flexibility index (Phi) is 4.64. The van der Waals surface area contributed by atoms with Crippen molar-refractivity contribution in [1.82, 2.24) is 10.6 Å². The van der Waals surface area contributed by atoms with E-state index in [0.717, 1.165) is 6.54 Å². The van der Waals surface area contributed by atoms with E-state index in [9.17, 15) is 9.18 Å². The molecule has 7 heteroatoms. The SMILES string of the molecule is COc1ccc(C2=NO[C@H](CNC(=O)NCC3CC3)C2)cc1F. The number of ether oxygens (including phenoxy) is 1. The average Bonchev–Trinajstić information content (AvgIpc) is 3.27. The van der Waals surface area contributed by atoms with Crippen LogP contribution in [0.5, 0.6) is 5.75 Å². The molecule has 1 aromatic carbocycles. The molecule has 3 rings (SSSR count). The highest BCUT2D eigenvalue weighted by atomic mass is 19.1. The predicted molar refractivity (Wildman–Crippen MR) is 83.1 cm³/mol. The monoisotopic (exact) mass is 321 g/mol. The standard InChI is InChI=1S/C16H20FN3O3/c1-22-15-5-4-11(6-13(15)17)14-7-12(23-20-14)9-19-16(21)18-8-10-2-3-10/h4-6,10,12H,2-3,7-9H2,1H3,(H2,18,19,21)/t12-/m0/s1. The Morgan fingerprint density at radius 2 is 2.17 bits per heavy atom. The third-order valence-electron chi connectivity index (χ3n) is 3.96. The maximum atomic E-state index is 13.7. The number of oxime groups is 1. The molecule has 23 heavy (non-hydrogen) atoms. The molecular formula is C16H20FN3O3. The molecule has 1 aromatic rings. The van der Waals surface area contributed by atoms with Crippen LogP contribution in [0.3, 0.4) is 0 Å². The van der Waals surface area contributed by atoms with Gasteiger partial charge in [-0.15, -0.1) is 0 Å². The van der Waals surface area contributed by atoms with Crippen molar-refractivity contribution < 1.29 is 18.8 Å². The van der Waals surface area contributed by atoms with E-state index in [2.05, 4.69) is 15.8 Å². The van der Waals surface area contributed by atoms with Crippen molar-refractivity contribution in [2.45, 2.75) is 25.4 Å². The lowest BCUT2D eigenvalue weighted by atomic mass is 10.0. The van der Waals surface area contributed by atoms with Crippen molar-refractivity contribution in [1.29, 1.82) is 0 Å². The Balaban J connectivity index is 1.45. The normalized spacial score (nSPS) is 19.7. The van der Waals surface area contributed by atoms with Gasteiger partial charge < -0.3 is 20.2 Å². The summed E-state index contributed by atoms with van der Waals surface area (Å²) in [6.45, 7) is 1.09. The quantitative estimate of drug-likeness (QED) is 0.842. The smallest absolute Gasteiger partial charge is 0.314 e. The summed E-state index contributed by atoms with van der Waals surface area (Å²) in [4.78, 5) is 16.9. The lowest BCUT2D eigenvalue weighted by molar-refractivity contribution is 0.0865. The van der Waals surface area contributed by atoms with Crippen molar-refractivity contribution in [2.75, 3.05) is 20.2 Å². The molecule has 1 fully saturated rings. The van der Waals surface area contributed by atoms with Crippen molar-refractivity contribution >= 4 is 11.7 Å². The van der Waals surface area contributed by atoms with Gasteiger partial charge in [-0.25, -0.2) is 9.18 Å². The minimum Gasteiger partial charge on any atom is -0.494 e. The van der Waals surface area contributed by atoms with E-state index in [0.29, 0.717) is 30.2 Å². The van der Waals surface area contributed by atoms with Gasteiger partial charge in [-0.1, -0.05) is 5.16 Å². The number of methoxy groups -OCH3 is 1. The summed E-state index contributed by atoms with van der Waals surface area (Å²) >= 11 is 0. The number of rotatable bonds is 6. The van der Waals surface area contributed by atoms with Crippen molar-refractivity contribution in [3.8, 4) is 5.75 Å². The number of hydrogen-bond acceptors (Lipinski definition) is 4. The van der Waals surface area contributed by atoms with Gasteiger partial charge in [-0.2, -0.15) is 0 Å². The Morgan fingerprint density at radius 1 is 1.39 bits per heavy atom. The van der Waals surface area contributed by atoms with Gasteiger partial charge in [0.2, 0.25) is 0 Å². The first-order valence-corrected chi connectivity index (χ1v) is 7.74. The van der Waals surface area contributed by atoms with Crippen LogP contribution in [-0.2, 0) is 4.84 Å². The molecule has 0 radical (unpaired) electrons.